The average Bonchev–Trinajstić information content (AvgIpc) is 2.16. The van der Waals surface area contributed by atoms with Crippen molar-refractivity contribution in [1.29, 1.82) is 0 Å². The Labute approximate surface area is 94.5 Å². The summed E-state index contributed by atoms with van der Waals surface area (Å²) >= 11 is 0. The molecule has 0 saturated carbocycles. The minimum absolute atomic E-state index is 0.336. The Kier molecular flexibility index (Phi) is 2.69. The maximum atomic E-state index is 10.7. The topological polar surface area (TPSA) is 54.4 Å². The molecule has 2 aromatic rings. The van der Waals surface area contributed by atoms with Crippen LogP contribution < -0.4 is 0 Å². The van der Waals surface area contributed by atoms with Gasteiger partial charge in [0.1, 0.15) is 5.75 Å². The van der Waals surface area contributed by atoms with E-state index in [1.807, 2.05) is 31.2 Å². The van der Waals surface area contributed by atoms with Crippen molar-refractivity contribution in [2.75, 3.05) is 0 Å². The van der Waals surface area contributed by atoms with Gasteiger partial charge in [0.05, 0.1) is 0 Å². The van der Waals surface area contributed by atoms with Gasteiger partial charge in [-0.25, -0.2) is 0 Å². The van der Waals surface area contributed by atoms with E-state index in [2.05, 4.69) is 0 Å². The zero-order chi connectivity index (χ0) is 11.8. The van der Waals surface area contributed by atoms with Crippen molar-refractivity contribution in [3.8, 4) is 0 Å². The zero-order valence-corrected chi connectivity index (χ0v) is 9.66. The van der Waals surface area contributed by atoms with E-state index in [0.29, 0.717) is 5.56 Å². The van der Waals surface area contributed by atoms with Crippen molar-refractivity contribution in [3.05, 3.63) is 47.5 Å². The van der Waals surface area contributed by atoms with Gasteiger partial charge in [-0.2, -0.15) is 8.42 Å². The second-order valence-corrected chi connectivity index (χ2v) is 5.36. The number of hydrogen-bond acceptors (Lipinski definition) is 2. The number of fused-ring (bicyclic) bond motifs is 1. The number of hydrogen-bond donors (Lipinski definition) is 1. The second-order valence-electron chi connectivity index (χ2n) is 3.91. The highest BCUT2D eigenvalue weighted by Gasteiger charge is 2.06. The summed E-state index contributed by atoms with van der Waals surface area (Å²) < 4.78 is 30.3. The molecule has 2 aromatic carbocycles. The zero-order valence-electron chi connectivity index (χ0n) is 8.84. The van der Waals surface area contributed by atoms with E-state index in [1.165, 1.54) is 0 Å². The lowest BCUT2D eigenvalue weighted by Crippen LogP contribution is -2.01. The molecule has 0 aromatic heterocycles. The van der Waals surface area contributed by atoms with Crippen LogP contribution in [0.1, 0.15) is 11.1 Å². The Morgan fingerprint density at radius 1 is 1.06 bits per heavy atom. The normalized spacial score (nSPS) is 11.9. The molecule has 0 spiro atoms. The molecule has 0 aliphatic heterocycles. The molecule has 2 rings (SSSR count). The average molecular weight is 236 g/mol. The molecule has 0 atom stereocenters. The second kappa shape index (κ2) is 3.88. The van der Waals surface area contributed by atoms with Gasteiger partial charge >= 0.3 is 0 Å². The van der Waals surface area contributed by atoms with Crippen LogP contribution in [0.4, 0.5) is 0 Å². The standard InChI is InChI=1S/C12H12O3S/c1-9-2-4-12-7-10(8-16(13,14)15)3-5-11(12)6-9/h2-7H,8H2,1H3,(H,13,14,15). The smallest absolute Gasteiger partial charge is 0.269 e. The SMILES string of the molecule is Cc1ccc2cc(CS(=O)(=O)O)ccc2c1. The monoisotopic (exact) mass is 236 g/mol. The summed E-state index contributed by atoms with van der Waals surface area (Å²) in [6.07, 6.45) is 0. The summed E-state index contributed by atoms with van der Waals surface area (Å²) in [5.41, 5.74) is 1.76. The largest absolute Gasteiger partial charge is 0.285 e. The van der Waals surface area contributed by atoms with Gasteiger partial charge < -0.3 is 0 Å². The molecule has 0 aliphatic rings. The fourth-order valence-electron chi connectivity index (χ4n) is 1.72. The van der Waals surface area contributed by atoms with Crippen LogP contribution in [0.3, 0.4) is 0 Å². The molecule has 84 valence electrons. The van der Waals surface area contributed by atoms with E-state index < -0.39 is 10.1 Å². The van der Waals surface area contributed by atoms with Crippen LogP contribution in [0.2, 0.25) is 0 Å². The molecule has 0 radical (unpaired) electrons. The highest BCUT2D eigenvalue weighted by Crippen LogP contribution is 2.18. The van der Waals surface area contributed by atoms with E-state index in [4.69, 9.17) is 4.55 Å². The number of benzene rings is 2. The summed E-state index contributed by atoms with van der Waals surface area (Å²) in [6.45, 7) is 2.01. The Hall–Kier alpha value is -1.39. The minimum Gasteiger partial charge on any atom is -0.285 e. The summed E-state index contributed by atoms with van der Waals surface area (Å²) in [5, 5.41) is 2.05. The predicted molar refractivity (Wildman–Crippen MR) is 63.9 cm³/mol. The van der Waals surface area contributed by atoms with Gasteiger partial charge in [-0.3, -0.25) is 4.55 Å². The highest BCUT2D eigenvalue weighted by atomic mass is 32.2. The molecule has 3 nitrogen and oxygen atoms in total. The predicted octanol–water partition coefficient (Wildman–Crippen LogP) is 2.54. The molecule has 0 unspecified atom stereocenters. The Bertz CT molecular complexity index is 630. The van der Waals surface area contributed by atoms with Gasteiger partial charge in [0.2, 0.25) is 0 Å². The van der Waals surface area contributed by atoms with E-state index in [-0.39, 0.29) is 5.75 Å². The molecule has 0 fully saturated rings. The lowest BCUT2D eigenvalue weighted by molar-refractivity contribution is 0.482. The van der Waals surface area contributed by atoms with Crippen molar-refractivity contribution >= 4 is 20.9 Å². The fraction of sp³-hybridized carbons (Fsp3) is 0.167. The van der Waals surface area contributed by atoms with Crippen LogP contribution in [0, 0.1) is 6.92 Å². The first-order valence-corrected chi connectivity index (χ1v) is 6.49. The van der Waals surface area contributed by atoms with Gasteiger partial charge in [0.25, 0.3) is 10.1 Å². The van der Waals surface area contributed by atoms with Crippen molar-refractivity contribution in [1.82, 2.24) is 0 Å². The third-order valence-electron chi connectivity index (χ3n) is 2.41. The molecule has 0 aliphatic carbocycles. The van der Waals surface area contributed by atoms with Crippen molar-refractivity contribution < 1.29 is 13.0 Å². The molecule has 16 heavy (non-hydrogen) atoms. The van der Waals surface area contributed by atoms with Crippen molar-refractivity contribution in [3.63, 3.8) is 0 Å². The van der Waals surface area contributed by atoms with Gasteiger partial charge in [-0.15, -0.1) is 0 Å². The number of aryl methyl sites for hydroxylation is 1. The Morgan fingerprint density at radius 3 is 2.38 bits per heavy atom. The molecular weight excluding hydrogens is 224 g/mol. The lowest BCUT2D eigenvalue weighted by atomic mass is 10.1. The van der Waals surface area contributed by atoms with Crippen LogP contribution in [0.25, 0.3) is 10.8 Å². The van der Waals surface area contributed by atoms with Crippen LogP contribution >= 0.6 is 0 Å². The van der Waals surface area contributed by atoms with Crippen LogP contribution in [-0.2, 0) is 15.9 Å². The van der Waals surface area contributed by atoms with Crippen LogP contribution in [0.5, 0.6) is 0 Å². The van der Waals surface area contributed by atoms with Gasteiger partial charge in [0, 0.05) is 0 Å². The van der Waals surface area contributed by atoms with Crippen LogP contribution in [0.15, 0.2) is 36.4 Å². The minimum atomic E-state index is -3.95. The summed E-state index contributed by atoms with van der Waals surface area (Å²) in [7, 11) is -3.95. The molecule has 0 saturated heterocycles. The summed E-state index contributed by atoms with van der Waals surface area (Å²) in [4.78, 5) is 0. The van der Waals surface area contributed by atoms with E-state index in [1.54, 1.807) is 12.1 Å². The number of rotatable bonds is 2. The Balaban J connectivity index is 2.49. The first kappa shape index (κ1) is 11.1. The molecule has 1 N–H and O–H groups in total. The summed E-state index contributed by atoms with van der Waals surface area (Å²) in [5.74, 6) is -0.336. The Morgan fingerprint density at radius 2 is 1.69 bits per heavy atom. The first-order chi connectivity index (χ1) is 7.44. The van der Waals surface area contributed by atoms with E-state index in [9.17, 15) is 8.42 Å². The van der Waals surface area contributed by atoms with E-state index in [0.717, 1.165) is 16.3 Å². The highest BCUT2D eigenvalue weighted by molar-refractivity contribution is 7.85. The summed E-state index contributed by atoms with van der Waals surface area (Å²) in [6, 6.07) is 11.3. The fourth-order valence-corrected chi connectivity index (χ4v) is 2.32. The van der Waals surface area contributed by atoms with E-state index >= 15 is 0 Å². The van der Waals surface area contributed by atoms with Crippen LogP contribution in [-0.4, -0.2) is 13.0 Å². The molecule has 0 amide bonds. The van der Waals surface area contributed by atoms with Gasteiger partial charge in [-0.05, 0) is 23.3 Å². The molecule has 0 bridgehead atoms. The van der Waals surface area contributed by atoms with Gasteiger partial charge in [-0.1, -0.05) is 42.0 Å². The van der Waals surface area contributed by atoms with Gasteiger partial charge in [0.15, 0.2) is 0 Å². The maximum Gasteiger partial charge on any atom is 0.269 e. The van der Waals surface area contributed by atoms with Crippen molar-refractivity contribution in [2.24, 2.45) is 0 Å². The quantitative estimate of drug-likeness (QED) is 0.815. The molecule has 4 heteroatoms. The third-order valence-corrected chi connectivity index (χ3v) is 3.11. The lowest BCUT2D eigenvalue weighted by Gasteiger charge is -2.03. The first-order valence-electron chi connectivity index (χ1n) is 4.88. The van der Waals surface area contributed by atoms with Crippen molar-refractivity contribution in [2.45, 2.75) is 12.7 Å². The molecule has 0 heterocycles. The maximum absolute atomic E-state index is 10.7. The third kappa shape index (κ3) is 2.59. The molecular formula is C12H12O3S.